The molecule has 0 fully saturated rings. The quantitative estimate of drug-likeness (QED) is 0.304. The zero-order chi connectivity index (χ0) is 17.4. The van der Waals surface area contributed by atoms with Gasteiger partial charge >= 0.3 is 5.91 Å². The molecule has 0 aliphatic heterocycles. The third-order valence-corrected chi connectivity index (χ3v) is 5.17. The number of amides is 1. The van der Waals surface area contributed by atoms with Crippen molar-refractivity contribution in [2.45, 2.75) is 110 Å². The Morgan fingerprint density at radius 1 is 0.625 bits per heavy atom. The highest BCUT2D eigenvalue weighted by Crippen LogP contribution is 2.13. The van der Waals surface area contributed by atoms with E-state index in [-0.39, 0.29) is 18.3 Å². The maximum Gasteiger partial charge on any atom is 0.310 e. The van der Waals surface area contributed by atoms with E-state index in [0.717, 1.165) is 6.54 Å². The predicted octanol–water partition coefficient (Wildman–Crippen LogP) is 3.48. The van der Waals surface area contributed by atoms with Crippen molar-refractivity contribution in [1.29, 1.82) is 0 Å². The third kappa shape index (κ3) is 16.8. The first kappa shape index (κ1) is 26.2. The number of unbranched alkanes of at least 4 members (excludes halogenated alkanes) is 14. The number of carbonyl (C=O) groups excluding carboxylic acids is 1. The van der Waals surface area contributed by atoms with Gasteiger partial charge in [0.2, 0.25) is 0 Å². The second-order valence-corrected chi connectivity index (χ2v) is 7.88. The summed E-state index contributed by atoms with van der Waals surface area (Å²) in [6, 6.07) is 0. The molecule has 0 rings (SSSR count). The van der Waals surface area contributed by atoms with E-state index in [1.165, 1.54) is 96.3 Å². The van der Waals surface area contributed by atoms with Crippen molar-refractivity contribution in [2.75, 3.05) is 20.6 Å². The summed E-state index contributed by atoms with van der Waals surface area (Å²) in [5.41, 5.74) is 0. The van der Waals surface area contributed by atoms with Crippen molar-refractivity contribution in [3.05, 3.63) is 0 Å². The molecule has 0 N–H and O–H groups in total. The van der Waals surface area contributed by atoms with Crippen LogP contribution in [0.5, 0.6) is 0 Å². The van der Waals surface area contributed by atoms with Crippen molar-refractivity contribution < 1.29 is 21.7 Å². The van der Waals surface area contributed by atoms with Crippen molar-refractivity contribution in [3.8, 4) is 0 Å². The molecule has 3 heteroatoms. The lowest BCUT2D eigenvalue weighted by Gasteiger charge is -2.25. The molecule has 1 amide bonds. The predicted molar refractivity (Wildman–Crippen MR) is 103 cm³/mol. The summed E-state index contributed by atoms with van der Waals surface area (Å²) in [4.78, 5) is 11.4. The molecule has 24 heavy (non-hydrogen) atoms. The molecule has 0 spiro atoms. The normalized spacial score (nSPS) is 11.3. The zero-order valence-corrected chi connectivity index (χ0v) is 17.8. The van der Waals surface area contributed by atoms with Gasteiger partial charge in [-0.2, -0.15) is 0 Å². The lowest BCUT2D eigenvalue weighted by molar-refractivity contribution is -0.813. The van der Waals surface area contributed by atoms with Crippen LogP contribution in [0.25, 0.3) is 0 Å². The summed E-state index contributed by atoms with van der Waals surface area (Å²) >= 11 is 0. The lowest BCUT2D eigenvalue weighted by atomic mass is 10.0. The maximum atomic E-state index is 11.4. The van der Waals surface area contributed by atoms with Crippen LogP contribution in [0.15, 0.2) is 0 Å². The molecule has 0 aromatic carbocycles. The highest BCUT2D eigenvalue weighted by molar-refractivity contribution is 5.65. The SMILES string of the molecule is CCCCCCCCCCCCCCCCC[N+](C)(C)C(C)=O.[Cl-]. The number of hydrogen-bond acceptors (Lipinski definition) is 1. The van der Waals surface area contributed by atoms with E-state index in [2.05, 4.69) is 6.92 Å². The summed E-state index contributed by atoms with van der Waals surface area (Å²) in [7, 11) is 4.04. The molecule has 0 saturated heterocycles. The van der Waals surface area contributed by atoms with E-state index in [9.17, 15) is 4.79 Å². The molecular formula is C21H44ClNO. The number of nitrogens with zero attached hydrogens (tertiary/aromatic N) is 1. The number of hydrogen-bond donors (Lipinski definition) is 0. The average molecular weight is 362 g/mol. The standard InChI is InChI=1S/C21H44NO.ClH/c1-5-6-7-8-9-10-11-12-13-14-15-16-17-18-19-20-22(3,4)21(2)23;/h5-20H2,1-4H3;1H/q+1;/p-1. The van der Waals surface area contributed by atoms with Crippen LogP contribution >= 0.6 is 0 Å². The Labute approximate surface area is 158 Å². The fourth-order valence-corrected chi connectivity index (χ4v) is 3.04. The van der Waals surface area contributed by atoms with Crippen molar-refractivity contribution in [2.24, 2.45) is 0 Å². The van der Waals surface area contributed by atoms with Crippen molar-refractivity contribution in [3.63, 3.8) is 0 Å². The van der Waals surface area contributed by atoms with Crippen LogP contribution in [0.2, 0.25) is 0 Å². The van der Waals surface area contributed by atoms with Gasteiger partial charge < -0.3 is 12.4 Å². The van der Waals surface area contributed by atoms with Gasteiger partial charge in [0, 0.05) is 0 Å². The van der Waals surface area contributed by atoms with Gasteiger partial charge in [-0.1, -0.05) is 90.4 Å². The molecule has 2 nitrogen and oxygen atoms in total. The monoisotopic (exact) mass is 361 g/mol. The van der Waals surface area contributed by atoms with E-state index in [1.54, 1.807) is 6.92 Å². The molecular weight excluding hydrogens is 318 g/mol. The van der Waals surface area contributed by atoms with E-state index in [1.807, 2.05) is 14.1 Å². The van der Waals surface area contributed by atoms with Gasteiger partial charge in [-0.15, -0.1) is 0 Å². The Balaban J connectivity index is 0. The Morgan fingerprint density at radius 3 is 1.21 bits per heavy atom. The summed E-state index contributed by atoms with van der Waals surface area (Å²) in [5.74, 6) is 0.273. The molecule has 0 saturated carbocycles. The molecule has 0 radical (unpaired) electrons. The highest BCUT2D eigenvalue weighted by atomic mass is 35.5. The summed E-state index contributed by atoms with van der Waals surface area (Å²) < 4.78 is 0.540. The maximum absolute atomic E-state index is 11.4. The minimum absolute atomic E-state index is 0. The number of quaternary nitrogens is 1. The van der Waals surface area contributed by atoms with Crippen LogP contribution in [-0.2, 0) is 4.79 Å². The molecule has 0 aromatic heterocycles. The average Bonchev–Trinajstić information content (AvgIpc) is 2.51. The Morgan fingerprint density at radius 2 is 0.917 bits per heavy atom. The van der Waals surface area contributed by atoms with Crippen molar-refractivity contribution >= 4 is 5.91 Å². The van der Waals surface area contributed by atoms with E-state index in [0.29, 0.717) is 4.48 Å². The first-order valence-corrected chi connectivity index (χ1v) is 10.3. The summed E-state index contributed by atoms with van der Waals surface area (Å²) in [6.45, 7) is 4.98. The lowest BCUT2D eigenvalue weighted by Crippen LogP contribution is -3.00. The minimum Gasteiger partial charge on any atom is -1.00 e. The van der Waals surface area contributed by atoms with E-state index >= 15 is 0 Å². The molecule has 0 aliphatic carbocycles. The van der Waals surface area contributed by atoms with Gasteiger partial charge in [0.05, 0.1) is 27.6 Å². The van der Waals surface area contributed by atoms with Crippen LogP contribution in [0.3, 0.4) is 0 Å². The number of rotatable bonds is 16. The molecule has 0 bridgehead atoms. The fourth-order valence-electron chi connectivity index (χ4n) is 3.04. The molecule has 0 atom stereocenters. The van der Waals surface area contributed by atoms with Gasteiger partial charge in [0.25, 0.3) is 0 Å². The number of carbonyl (C=O) groups is 1. The number of halogens is 1. The fraction of sp³-hybridized carbons (Fsp3) is 0.952. The smallest absolute Gasteiger partial charge is 0.310 e. The van der Waals surface area contributed by atoms with Crippen LogP contribution < -0.4 is 12.4 Å². The second-order valence-electron chi connectivity index (χ2n) is 7.88. The highest BCUT2D eigenvalue weighted by Gasteiger charge is 2.20. The molecule has 0 aliphatic rings. The third-order valence-electron chi connectivity index (χ3n) is 5.17. The molecule has 146 valence electrons. The van der Waals surface area contributed by atoms with Crippen molar-refractivity contribution in [1.82, 2.24) is 0 Å². The second kappa shape index (κ2) is 17.7. The van der Waals surface area contributed by atoms with Gasteiger partial charge in [-0.3, -0.25) is 4.48 Å². The summed E-state index contributed by atoms with van der Waals surface area (Å²) in [6.07, 6.45) is 20.9. The Kier molecular flexibility index (Phi) is 19.3. The Bertz CT molecular complexity index is 279. The largest absolute Gasteiger partial charge is 1.00 e. The minimum atomic E-state index is 0. The van der Waals surface area contributed by atoms with Gasteiger partial charge in [-0.25, -0.2) is 4.79 Å². The molecule has 0 heterocycles. The zero-order valence-electron chi connectivity index (χ0n) is 17.0. The molecule has 0 unspecified atom stereocenters. The van der Waals surface area contributed by atoms with Gasteiger partial charge in [-0.05, 0) is 12.8 Å². The van der Waals surface area contributed by atoms with Crippen LogP contribution in [0, 0.1) is 0 Å². The van der Waals surface area contributed by atoms with E-state index < -0.39 is 0 Å². The first-order valence-electron chi connectivity index (χ1n) is 10.3. The van der Waals surface area contributed by atoms with Crippen LogP contribution in [0.4, 0.5) is 0 Å². The topological polar surface area (TPSA) is 17.1 Å². The summed E-state index contributed by atoms with van der Waals surface area (Å²) in [5, 5.41) is 0. The first-order chi connectivity index (χ1) is 11.0. The van der Waals surface area contributed by atoms with E-state index in [4.69, 9.17) is 0 Å². The Hall–Kier alpha value is -0.0800. The van der Waals surface area contributed by atoms with Crippen LogP contribution in [0.1, 0.15) is 110 Å². The van der Waals surface area contributed by atoms with Gasteiger partial charge in [0.1, 0.15) is 0 Å². The van der Waals surface area contributed by atoms with Crippen LogP contribution in [-0.4, -0.2) is 31.0 Å². The molecule has 0 aromatic rings. The van der Waals surface area contributed by atoms with Gasteiger partial charge in [0.15, 0.2) is 0 Å².